The average Bonchev–Trinajstić information content (AvgIpc) is 2.58. The Morgan fingerprint density at radius 1 is 1.05 bits per heavy atom. The van der Waals surface area contributed by atoms with Crippen molar-refractivity contribution < 1.29 is 19.2 Å². The van der Waals surface area contributed by atoms with E-state index in [-0.39, 0.29) is 23.6 Å². The van der Waals surface area contributed by atoms with Crippen molar-refractivity contribution in [1.82, 2.24) is 4.90 Å². The molecule has 0 spiro atoms. The van der Waals surface area contributed by atoms with Gasteiger partial charge < -0.3 is 11.5 Å². The van der Waals surface area contributed by atoms with Crippen LogP contribution in [0.5, 0.6) is 0 Å². The predicted octanol–water partition coefficient (Wildman–Crippen LogP) is -0.551. The van der Waals surface area contributed by atoms with E-state index in [1.165, 1.54) is 24.0 Å². The molecule has 1 aliphatic heterocycles. The van der Waals surface area contributed by atoms with Crippen LogP contribution in [0.15, 0.2) is 12.2 Å². The molecule has 0 atom stereocenters. The summed E-state index contributed by atoms with van der Waals surface area (Å²) in [5.41, 5.74) is 9.45. The molecule has 0 radical (unpaired) electrons. The lowest BCUT2D eigenvalue weighted by molar-refractivity contribution is -0.137. The van der Waals surface area contributed by atoms with Gasteiger partial charge in [0, 0.05) is 32.0 Å². The number of unbranched alkanes of at least 4 members (excludes halogenated alkanes) is 2. The quantitative estimate of drug-likeness (QED) is 0.495. The van der Waals surface area contributed by atoms with Gasteiger partial charge in [-0.25, -0.2) is 0 Å². The van der Waals surface area contributed by atoms with E-state index in [4.69, 9.17) is 5.73 Å². The van der Waals surface area contributed by atoms with Crippen LogP contribution in [0.3, 0.4) is 0 Å². The highest BCUT2D eigenvalue weighted by Crippen LogP contribution is 2.07. The summed E-state index contributed by atoms with van der Waals surface area (Å²) in [5.74, 6) is -1.16. The summed E-state index contributed by atoms with van der Waals surface area (Å²) in [6.45, 7) is 1.73. The molecule has 0 fully saturated rings. The molecule has 0 aromatic heterocycles. The summed E-state index contributed by atoms with van der Waals surface area (Å²) in [4.78, 5) is 43.0. The second-order valence-electron chi connectivity index (χ2n) is 4.05. The number of rotatable bonds is 6. The van der Waals surface area contributed by atoms with Gasteiger partial charge in [-0.3, -0.25) is 24.1 Å². The monoisotopic (exact) mass is 269 g/mol. The van der Waals surface area contributed by atoms with Gasteiger partial charge in [0.15, 0.2) is 0 Å². The lowest BCUT2D eigenvalue weighted by Crippen LogP contribution is -2.30. The zero-order valence-corrected chi connectivity index (χ0v) is 10.9. The standard InChI is InChI=1S/C10H14N2O3.C2H5NO/c11-8(13)4-2-1-3-7-12-9(14)5-6-10(12)15;1-2(3)4/h5-6H,1-4,7H2,(H2,11,13);1H3,(H2,3,4). The highest BCUT2D eigenvalue weighted by atomic mass is 16.2. The first-order valence-electron chi connectivity index (χ1n) is 5.92. The van der Waals surface area contributed by atoms with Crippen LogP contribution >= 0.6 is 0 Å². The van der Waals surface area contributed by atoms with E-state index >= 15 is 0 Å². The van der Waals surface area contributed by atoms with Crippen LogP contribution in [0.25, 0.3) is 0 Å². The second kappa shape index (κ2) is 8.84. The number of carbonyl (C=O) groups excluding carboxylic acids is 4. The molecule has 0 bridgehead atoms. The minimum atomic E-state index is -0.333. The Bertz CT molecular complexity index is 368. The highest BCUT2D eigenvalue weighted by Gasteiger charge is 2.21. The number of hydrogen-bond acceptors (Lipinski definition) is 4. The lowest BCUT2D eigenvalue weighted by atomic mass is 10.2. The smallest absolute Gasteiger partial charge is 0.253 e. The van der Waals surface area contributed by atoms with Crippen molar-refractivity contribution >= 4 is 23.6 Å². The van der Waals surface area contributed by atoms with Crippen molar-refractivity contribution in [3.8, 4) is 0 Å². The van der Waals surface area contributed by atoms with Crippen LogP contribution < -0.4 is 11.5 Å². The lowest BCUT2D eigenvalue weighted by Gasteiger charge is -2.12. The number of nitrogens with zero attached hydrogens (tertiary/aromatic N) is 1. The summed E-state index contributed by atoms with van der Waals surface area (Å²) in [6, 6.07) is 0. The second-order valence-corrected chi connectivity index (χ2v) is 4.05. The third kappa shape index (κ3) is 8.53. The molecule has 7 heteroatoms. The molecule has 1 heterocycles. The topological polar surface area (TPSA) is 124 Å². The van der Waals surface area contributed by atoms with Crippen LogP contribution in [0.1, 0.15) is 32.6 Å². The zero-order chi connectivity index (χ0) is 14.8. The van der Waals surface area contributed by atoms with Gasteiger partial charge in [0.05, 0.1) is 0 Å². The van der Waals surface area contributed by atoms with Gasteiger partial charge in [0.2, 0.25) is 11.8 Å². The fraction of sp³-hybridized carbons (Fsp3) is 0.500. The van der Waals surface area contributed by atoms with E-state index in [9.17, 15) is 19.2 Å². The molecule has 0 unspecified atom stereocenters. The minimum Gasteiger partial charge on any atom is -0.370 e. The van der Waals surface area contributed by atoms with Crippen molar-refractivity contribution in [2.45, 2.75) is 32.6 Å². The van der Waals surface area contributed by atoms with Crippen molar-refractivity contribution in [1.29, 1.82) is 0 Å². The molecule has 0 saturated carbocycles. The van der Waals surface area contributed by atoms with Crippen LogP contribution in [0, 0.1) is 0 Å². The van der Waals surface area contributed by atoms with Crippen molar-refractivity contribution in [2.24, 2.45) is 11.5 Å². The van der Waals surface area contributed by atoms with Gasteiger partial charge in [-0.05, 0) is 12.8 Å². The Kier molecular flexibility index (Phi) is 7.83. The third-order valence-electron chi connectivity index (χ3n) is 2.21. The number of amides is 4. The highest BCUT2D eigenvalue weighted by molar-refractivity contribution is 6.12. The summed E-state index contributed by atoms with van der Waals surface area (Å²) >= 11 is 0. The number of hydrogen-bond donors (Lipinski definition) is 2. The van der Waals surface area contributed by atoms with Crippen molar-refractivity contribution in [3.05, 3.63) is 12.2 Å². The van der Waals surface area contributed by atoms with E-state index in [1.807, 2.05) is 0 Å². The average molecular weight is 269 g/mol. The van der Waals surface area contributed by atoms with Gasteiger partial charge in [0.25, 0.3) is 11.8 Å². The molecule has 4 amide bonds. The maximum Gasteiger partial charge on any atom is 0.253 e. The first-order valence-corrected chi connectivity index (χ1v) is 5.92. The van der Waals surface area contributed by atoms with Crippen molar-refractivity contribution in [3.63, 3.8) is 0 Å². The predicted molar refractivity (Wildman–Crippen MR) is 68.4 cm³/mol. The molecule has 4 N–H and O–H groups in total. The first kappa shape index (κ1) is 16.8. The zero-order valence-electron chi connectivity index (χ0n) is 10.9. The fourth-order valence-corrected chi connectivity index (χ4v) is 1.40. The Balaban J connectivity index is 0.000000711. The number of nitrogens with two attached hydrogens (primary N) is 2. The largest absolute Gasteiger partial charge is 0.370 e. The van der Waals surface area contributed by atoms with Gasteiger partial charge in [0.1, 0.15) is 0 Å². The molecule has 7 nitrogen and oxygen atoms in total. The number of imide groups is 1. The number of carbonyl (C=O) groups is 4. The first-order chi connectivity index (χ1) is 8.84. The molecular formula is C12H19N3O4. The van der Waals surface area contributed by atoms with Gasteiger partial charge >= 0.3 is 0 Å². The van der Waals surface area contributed by atoms with E-state index in [0.29, 0.717) is 25.8 Å². The SMILES string of the molecule is CC(N)=O.NC(=O)CCCCCN1C(=O)C=CC1=O. The molecular weight excluding hydrogens is 250 g/mol. The summed E-state index contributed by atoms with van der Waals surface area (Å²) < 4.78 is 0. The van der Waals surface area contributed by atoms with Crippen LogP contribution in [-0.4, -0.2) is 35.1 Å². The molecule has 0 aromatic rings. The summed E-state index contributed by atoms with van der Waals surface area (Å²) in [5, 5.41) is 0. The molecule has 0 saturated heterocycles. The maximum atomic E-state index is 11.1. The van der Waals surface area contributed by atoms with E-state index in [1.54, 1.807) is 0 Å². The van der Waals surface area contributed by atoms with Crippen LogP contribution in [0.2, 0.25) is 0 Å². The van der Waals surface area contributed by atoms with Crippen LogP contribution in [0.4, 0.5) is 0 Å². The molecule has 1 rings (SSSR count). The Hall–Kier alpha value is -2.18. The Morgan fingerprint density at radius 2 is 1.53 bits per heavy atom. The molecule has 0 aromatic carbocycles. The van der Waals surface area contributed by atoms with Gasteiger partial charge in [-0.2, -0.15) is 0 Å². The van der Waals surface area contributed by atoms with E-state index in [0.717, 1.165) is 6.42 Å². The molecule has 1 aliphatic rings. The molecule has 106 valence electrons. The maximum absolute atomic E-state index is 11.1. The number of primary amides is 2. The molecule has 0 aliphatic carbocycles. The normalized spacial score (nSPS) is 13.2. The van der Waals surface area contributed by atoms with Gasteiger partial charge in [-0.1, -0.05) is 6.42 Å². The Morgan fingerprint density at radius 3 is 1.95 bits per heavy atom. The van der Waals surface area contributed by atoms with E-state index < -0.39 is 0 Å². The Labute approximate surface area is 111 Å². The van der Waals surface area contributed by atoms with Crippen molar-refractivity contribution in [2.75, 3.05) is 6.54 Å². The minimum absolute atomic E-state index is 0.255. The summed E-state index contributed by atoms with van der Waals surface area (Å²) in [7, 11) is 0. The van der Waals surface area contributed by atoms with Gasteiger partial charge in [-0.15, -0.1) is 0 Å². The fourth-order valence-electron chi connectivity index (χ4n) is 1.40. The van der Waals surface area contributed by atoms with E-state index in [2.05, 4.69) is 5.73 Å². The van der Waals surface area contributed by atoms with Crippen LogP contribution in [-0.2, 0) is 19.2 Å². The molecule has 19 heavy (non-hydrogen) atoms. The third-order valence-corrected chi connectivity index (χ3v) is 2.21. The summed E-state index contributed by atoms with van der Waals surface area (Å²) in [6.07, 6.45) is 5.11.